The fourth-order valence-corrected chi connectivity index (χ4v) is 5.49. The number of nitrogens with zero attached hydrogens (tertiary/aromatic N) is 4. The third kappa shape index (κ3) is 5.02. The Hall–Kier alpha value is -5.61. The highest BCUT2D eigenvalue weighted by molar-refractivity contribution is 6.04. The summed E-state index contributed by atoms with van der Waals surface area (Å²) in [5, 5.41) is 9.31. The molecule has 0 spiro atoms. The Kier molecular flexibility index (Phi) is 6.93. The first-order valence-corrected chi connectivity index (χ1v) is 14.1. The summed E-state index contributed by atoms with van der Waals surface area (Å²) in [5.74, 6) is 0. The fraction of sp³-hybridized carbons (Fsp3) is 0.0263. The Bertz CT molecular complexity index is 2000. The van der Waals surface area contributed by atoms with Crippen molar-refractivity contribution in [3.63, 3.8) is 0 Å². The Morgan fingerprint density at radius 1 is 0.524 bits per heavy atom. The third-order valence-corrected chi connectivity index (χ3v) is 7.53. The van der Waals surface area contributed by atoms with Crippen LogP contribution < -0.4 is 5.01 Å². The molecule has 0 radical (unpaired) electrons. The lowest BCUT2D eigenvalue weighted by Crippen LogP contribution is -2.16. The minimum Gasteiger partial charge on any atom is -0.261 e. The Morgan fingerprint density at radius 3 is 1.71 bits per heavy atom. The van der Waals surface area contributed by atoms with Crippen molar-refractivity contribution >= 4 is 33.7 Å². The molecule has 0 fully saturated rings. The Labute approximate surface area is 245 Å². The summed E-state index contributed by atoms with van der Waals surface area (Å²) >= 11 is 0. The molecule has 0 amide bonds. The van der Waals surface area contributed by atoms with Crippen molar-refractivity contribution in [1.82, 2.24) is 9.97 Å². The van der Waals surface area contributed by atoms with Crippen molar-refractivity contribution in [2.75, 3.05) is 5.01 Å². The maximum atomic E-state index is 5.04. The number of pyridine rings is 2. The van der Waals surface area contributed by atoms with Crippen LogP contribution in [0.3, 0.4) is 0 Å². The van der Waals surface area contributed by atoms with E-state index >= 15 is 0 Å². The highest BCUT2D eigenvalue weighted by atomic mass is 15.4. The first-order valence-electron chi connectivity index (χ1n) is 14.1. The smallest absolute Gasteiger partial charge is 0.0796 e. The van der Waals surface area contributed by atoms with Crippen LogP contribution in [0.15, 0.2) is 157 Å². The van der Waals surface area contributed by atoms with Crippen LogP contribution in [0.25, 0.3) is 44.1 Å². The fourth-order valence-electron chi connectivity index (χ4n) is 5.49. The van der Waals surface area contributed by atoms with Gasteiger partial charge < -0.3 is 0 Å². The Morgan fingerprint density at radius 2 is 1.07 bits per heavy atom. The number of fused-ring (bicyclic) bond motifs is 2. The monoisotopic (exact) mass is 540 g/mol. The summed E-state index contributed by atoms with van der Waals surface area (Å²) in [6, 6.07) is 48.1. The van der Waals surface area contributed by atoms with E-state index in [-0.39, 0.29) is 0 Å². The summed E-state index contributed by atoms with van der Waals surface area (Å²) in [4.78, 5) is 9.58. The Balaban J connectivity index is 1.29. The van der Waals surface area contributed by atoms with E-state index < -0.39 is 0 Å². The van der Waals surface area contributed by atoms with E-state index in [0.717, 1.165) is 44.2 Å². The summed E-state index contributed by atoms with van der Waals surface area (Å²) in [6.45, 7) is 0.566. The van der Waals surface area contributed by atoms with Crippen LogP contribution in [0, 0.1) is 0 Å². The molecule has 0 aliphatic heterocycles. The molecule has 0 aliphatic carbocycles. The third-order valence-electron chi connectivity index (χ3n) is 7.53. The molecule has 0 atom stereocenters. The second kappa shape index (κ2) is 11.5. The van der Waals surface area contributed by atoms with Gasteiger partial charge in [0.15, 0.2) is 0 Å². The van der Waals surface area contributed by atoms with Gasteiger partial charge in [-0.3, -0.25) is 15.0 Å². The first kappa shape index (κ1) is 25.4. The molecule has 2 aromatic heterocycles. The molecular formula is C38H28N4. The lowest BCUT2D eigenvalue weighted by Gasteiger charge is -2.21. The topological polar surface area (TPSA) is 41.4 Å². The minimum atomic E-state index is 0.566. The number of aromatic nitrogens is 2. The molecule has 0 unspecified atom stereocenters. The molecule has 0 saturated carbocycles. The second-order valence-electron chi connectivity index (χ2n) is 10.1. The number of hydrogen-bond acceptors (Lipinski definition) is 4. The van der Waals surface area contributed by atoms with Crippen molar-refractivity contribution in [1.29, 1.82) is 0 Å². The number of hydrazone groups is 1. The van der Waals surface area contributed by atoms with Gasteiger partial charge in [-0.05, 0) is 52.1 Å². The average Bonchev–Trinajstić information content (AvgIpc) is 3.07. The molecule has 4 heteroatoms. The second-order valence-corrected chi connectivity index (χ2v) is 10.1. The zero-order chi connectivity index (χ0) is 28.1. The molecule has 7 aromatic rings. The standard InChI is InChI=1S/C38H28N4/c1-4-12-28(13-5-1)33-22-20-30(37-35(33)18-10-24-39-37)26-41-42(32-16-8-3-9-17-32)27-31-21-23-34(29-14-6-2-7-15-29)36-19-11-25-40-38(31)36/h1-26H,27H2/b41-26+. The van der Waals surface area contributed by atoms with Gasteiger partial charge in [0.05, 0.1) is 29.5 Å². The van der Waals surface area contributed by atoms with Crippen LogP contribution in [-0.2, 0) is 6.54 Å². The van der Waals surface area contributed by atoms with Crippen LogP contribution >= 0.6 is 0 Å². The SMILES string of the molecule is C(=N\N(Cc1ccc(-c2ccccc2)c2cccnc12)c1ccccc1)/c1ccc(-c2ccccc2)c2cccnc12. The van der Waals surface area contributed by atoms with E-state index in [9.17, 15) is 0 Å². The van der Waals surface area contributed by atoms with Crippen LogP contribution in [0.2, 0.25) is 0 Å². The van der Waals surface area contributed by atoms with Crippen LogP contribution in [0.5, 0.6) is 0 Å². The number of anilines is 1. The quantitative estimate of drug-likeness (QED) is 0.149. The molecule has 5 aromatic carbocycles. The number of benzene rings is 5. The zero-order valence-corrected chi connectivity index (χ0v) is 23.0. The molecule has 4 nitrogen and oxygen atoms in total. The molecule has 42 heavy (non-hydrogen) atoms. The van der Waals surface area contributed by atoms with Crippen LogP contribution in [0.1, 0.15) is 11.1 Å². The van der Waals surface area contributed by atoms with Gasteiger partial charge in [-0.2, -0.15) is 5.10 Å². The van der Waals surface area contributed by atoms with E-state index in [1.807, 2.05) is 66.1 Å². The molecular weight excluding hydrogens is 512 g/mol. The maximum absolute atomic E-state index is 5.04. The number of hydrogen-bond donors (Lipinski definition) is 0. The van der Waals surface area contributed by atoms with Gasteiger partial charge in [0.1, 0.15) is 0 Å². The van der Waals surface area contributed by atoms with E-state index in [0.29, 0.717) is 6.54 Å². The molecule has 0 N–H and O–H groups in total. The molecule has 7 rings (SSSR count). The van der Waals surface area contributed by atoms with Crippen LogP contribution in [0.4, 0.5) is 5.69 Å². The molecule has 0 bridgehead atoms. The lowest BCUT2D eigenvalue weighted by atomic mass is 9.98. The predicted octanol–water partition coefficient (Wildman–Crippen LogP) is 9.16. The largest absolute Gasteiger partial charge is 0.261 e. The predicted molar refractivity (Wildman–Crippen MR) is 175 cm³/mol. The van der Waals surface area contributed by atoms with Gasteiger partial charge in [-0.15, -0.1) is 0 Å². The van der Waals surface area contributed by atoms with Crippen molar-refractivity contribution < 1.29 is 0 Å². The summed E-state index contributed by atoms with van der Waals surface area (Å²) < 4.78 is 0. The van der Waals surface area contributed by atoms with Crippen molar-refractivity contribution in [2.24, 2.45) is 5.10 Å². The van der Waals surface area contributed by atoms with Crippen molar-refractivity contribution in [2.45, 2.75) is 6.54 Å². The van der Waals surface area contributed by atoms with E-state index in [4.69, 9.17) is 15.1 Å². The van der Waals surface area contributed by atoms with Crippen LogP contribution in [-0.4, -0.2) is 16.2 Å². The normalized spacial score (nSPS) is 11.3. The van der Waals surface area contributed by atoms with E-state index in [1.54, 1.807) is 0 Å². The lowest BCUT2D eigenvalue weighted by molar-refractivity contribution is 0.862. The summed E-state index contributed by atoms with van der Waals surface area (Å²) in [5.41, 5.74) is 9.66. The van der Waals surface area contributed by atoms with Gasteiger partial charge in [0, 0.05) is 28.7 Å². The van der Waals surface area contributed by atoms with Gasteiger partial charge in [0.25, 0.3) is 0 Å². The highest BCUT2D eigenvalue weighted by Gasteiger charge is 2.14. The van der Waals surface area contributed by atoms with E-state index in [1.165, 1.54) is 16.7 Å². The van der Waals surface area contributed by atoms with Gasteiger partial charge in [0.2, 0.25) is 0 Å². The maximum Gasteiger partial charge on any atom is 0.0796 e. The van der Waals surface area contributed by atoms with Gasteiger partial charge in [-0.1, -0.05) is 115 Å². The molecule has 2 heterocycles. The highest BCUT2D eigenvalue weighted by Crippen LogP contribution is 2.32. The van der Waals surface area contributed by atoms with Gasteiger partial charge in [-0.25, -0.2) is 0 Å². The van der Waals surface area contributed by atoms with E-state index in [2.05, 4.69) is 97.1 Å². The molecule has 0 aliphatic rings. The first-order chi connectivity index (χ1) is 20.8. The van der Waals surface area contributed by atoms with Crippen molar-refractivity contribution in [3.8, 4) is 22.3 Å². The number of para-hydroxylation sites is 1. The number of rotatable bonds is 7. The average molecular weight is 541 g/mol. The summed E-state index contributed by atoms with van der Waals surface area (Å²) in [6.07, 6.45) is 5.63. The molecule has 200 valence electrons. The summed E-state index contributed by atoms with van der Waals surface area (Å²) in [7, 11) is 0. The van der Waals surface area contributed by atoms with Gasteiger partial charge >= 0.3 is 0 Å². The minimum absolute atomic E-state index is 0.566. The molecule has 0 saturated heterocycles. The zero-order valence-electron chi connectivity index (χ0n) is 23.0. The van der Waals surface area contributed by atoms with Crippen molar-refractivity contribution in [3.05, 3.63) is 163 Å².